The van der Waals surface area contributed by atoms with Gasteiger partial charge in [0.25, 0.3) is 0 Å². The summed E-state index contributed by atoms with van der Waals surface area (Å²) in [5, 5.41) is 0. The van der Waals surface area contributed by atoms with Gasteiger partial charge in [0.05, 0.1) is 6.61 Å². The number of carbonyl (C=O) groups excluding carboxylic acids is 1. The van der Waals surface area contributed by atoms with Crippen molar-refractivity contribution in [3.63, 3.8) is 0 Å². The van der Waals surface area contributed by atoms with Crippen LogP contribution in [0.1, 0.15) is 59.1 Å². The van der Waals surface area contributed by atoms with Crippen LogP contribution in [0.2, 0.25) is 0 Å². The van der Waals surface area contributed by atoms with Crippen molar-refractivity contribution in [1.82, 2.24) is 0 Å². The molecule has 0 aliphatic heterocycles. The van der Waals surface area contributed by atoms with E-state index in [9.17, 15) is 4.79 Å². The van der Waals surface area contributed by atoms with E-state index in [2.05, 4.69) is 45.9 Å². The Morgan fingerprint density at radius 3 is 2.45 bits per heavy atom. The van der Waals surface area contributed by atoms with Crippen LogP contribution in [-0.2, 0) is 16.6 Å². The predicted molar refractivity (Wildman–Crippen MR) is 84.5 cm³/mol. The molecule has 20 heavy (non-hydrogen) atoms. The minimum Gasteiger partial charge on any atom is -0.494 e. The fourth-order valence-corrected chi connectivity index (χ4v) is 2.44. The lowest BCUT2D eigenvalue weighted by atomic mass is 9.84. The van der Waals surface area contributed by atoms with Crippen LogP contribution in [0.4, 0.5) is 0 Å². The first kappa shape index (κ1) is 16.7. The molecule has 0 radical (unpaired) electrons. The maximum absolute atomic E-state index is 11.2. The van der Waals surface area contributed by atoms with Crippen LogP contribution in [0.25, 0.3) is 0 Å². The van der Waals surface area contributed by atoms with Gasteiger partial charge in [-0.1, -0.05) is 39.8 Å². The van der Waals surface area contributed by atoms with E-state index in [4.69, 9.17) is 4.74 Å². The molecule has 0 heterocycles. The van der Waals surface area contributed by atoms with Crippen molar-refractivity contribution in [3.8, 4) is 5.75 Å². The summed E-state index contributed by atoms with van der Waals surface area (Å²) in [5.74, 6) is 1.56. The van der Waals surface area contributed by atoms with Crippen LogP contribution >= 0.6 is 0 Å². The fourth-order valence-electron chi connectivity index (χ4n) is 2.44. The molecule has 1 atom stereocenters. The molecule has 1 rings (SSSR count). The molecule has 112 valence electrons. The molecule has 0 aliphatic carbocycles. The van der Waals surface area contributed by atoms with Gasteiger partial charge in [0.1, 0.15) is 11.5 Å². The SMILES string of the molecule is CCOc1ccc(C(C)(C)C)cc1CC(C)CC(C)=O. The lowest BCUT2D eigenvalue weighted by Gasteiger charge is -2.22. The number of ether oxygens (including phenoxy) is 1. The van der Waals surface area contributed by atoms with Crippen LogP contribution < -0.4 is 4.74 Å². The molecule has 0 aliphatic rings. The van der Waals surface area contributed by atoms with Gasteiger partial charge in [-0.15, -0.1) is 0 Å². The summed E-state index contributed by atoms with van der Waals surface area (Å²) in [6.07, 6.45) is 1.52. The number of benzene rings is 1. The third kappa shape index (κ3) is 4.99. The molecule has 0 N–H and O–H groups in total. The molecular formula is C18H28O2. The van der Waals surface area contributed by atoms with Crippen molar-refractivity contribution in [2.75, 3.05) is 6.61 Å². The van der Waals surface area contributed by atoms with E-state index in [1.165, 1.54) is 11.1 Å². The second kappa shape index (κ2) is 6.92. The van der Waals surface area contributed by atoms with Crippen LogP contribution in [0.3, 0.4) is 0 Å². The molecule has 1 unspecified atom stereocenters. The minimum absolute atomic E-state index is 0.128. The first-order valence-electron chi connectivity index (χ1n) is 7.49. The topological polar surface area (TPSA) is 26.3 Å². The molecule has 0 spiro atoms. The number of Topliss-reactive ketones (excluding diaryl/α,β-unsaturated/α-hetero) is 1. The van der Waals surface area contributed by atoms with E-state index in [1.54, 1.807) is 6.92 Å². The van der Waals surface area contributed by atoms with Gasteiger partial charge < -0.3 is 9.53 Å². The van der Waals surface area contributed by atoms with Gasteiger partial charge in [0.2, 0.25) is 0 Å². The summed E-state index contributed by atoms with van der Waals surface area (Å²) in [4.78, 5) is 11.2. The van der Waals surface area contributed by atoms with Gasteiger partial charge in [-0.2, -0.15) is 0 Å². The highest BCUT2D eigenvalue weighted by atomic mass is 16.5. The lowest BCUT2D eigenvalue weighted by Crippen LogP contribution is -2.13. The van der Waals surface area contributed by atoms with Gasteiger partial charge in [-0.25, -0.2) is 0 Å². The molecule has 1 aromatic rings. The van der Waals surface area contributed by atoms with E-state index in [0.29, 0.717) is 18.9 Å². The molecule has 0 amide bonds. The van der Waals surface area contributed by atoms with Gasteiger partial charge in [0, 0.05) is 6.42 Å². The summed E-state index contributed by atoms with van der Waals surface area (Å²) in [7, 11) is 0. The molecule has 0 saturated carbocycles. The Morgan fingerprint density at radius 1 is 1.30 bits per heavy atom. The van der Waals surface area contributed by atoms with Gasteiger partial charge in [-0.05, 0) is 48.8 Å². The van der Waals surface area contributed by atoms with E-state index in [-0.39, 0.29) is 11.2 Å². The fraction of sp³-hybridized carbons (Fsp3) is 0.611. The van der Waals surface area contributed by atoms with Crippen LogP contribution in [0, 0.1) is 5.92 Å². The van der Waals surface area contributed by atoms with Gasteiger partial charge in [-0.3, -0.25) is 0 Å². The molecule has 0 aromatic heterocycles. The highest BCUT2D eigenvalue weighted by molar-refractivity contribution is 5.75. The second-order valence-corrected chi connectivity index (χ2v) is 6.72. The number of ketones is 1. The van der Waals surface area contributed by atoms with Crippen LogP contribution in [-0.4, -0.2) is 12.4 Å². The number of hydrogen-bond donors (Lipinski definition) is 0. The van der Waals surface area contributed by atoms with Crippen molar-refractivity contribution in [2.45, 2.75) is 59.8 Å². The lowest BCUT2D eigenvalue weighted by molar-refractivity contribution is -0.117. The van der Waals surface area contributed by atoms with Crippen molar-refractivity contribution < 1.29 is 9.53 Å². The summed E-state index contributed by atoms with van der Waals surface area (Å²) in [6, 6.07) is 6.45. The van der Waals surface area contributed by atoms with Gasteiger partial charge in [0.15, 0.2) is 0 Å². The summed E-state index contributed by atoms with van der Waals surface area (Å²) in [5.41, 5.74) is 2.66. The van der Waals surface area contributed by atoms with E-state index in [1.807, 2.05) is 6.92 Å². The van der Waals surface area contributed by atoms with Crippen LogP contribution in [0.5, 0.6) is 5.75 Å². The van der Waals surface area contributed by atoms with E-state index in [0.717, 1.165) is 12.2 Å². The van der Waals surface area contributed by atoms with Crippen molar-refractivity contribution >= 4 is 5.78 Å². The highest BCUT2D eigenvalue weighted by Gasteiger charge is 2.17. The molecule has 0 bridgehead atoms. The van der Waals surface area contributed by atoms with Gasteiger partial charge >= 0.3 is 0 Å². The molecular weight excluding hydrogens is 248 g/mol. The number of rotatable bonds is 6. The summed E-state index contributed by atoms with van der Waals surface area (Å²) in [6.45, 7) is 13.1. The Hall–Kier alpha value is -1.31. The molecule has 2 nitrogen and oxygen atoms in total. The summed E-state index contributed by atoms with van der Waals surface area (Å²) >= 11 is 0. The monoisotopic (exact) mass is 276 g/mol. The maximum Gasteiger partial charge on any atom is 0.130 e. The van der Waals surface area contributed by atoms with Crippen molar-refractivity contribution in [1.29, 1.82) is 0 Å². The number of hydrogen-bond acceptors (Lipinski definition) is 2. The Labute approximate surface area is 123 Å². The Kier molecular flexibility index (Phi) is 5.79. The zero-order valence-corrected chi connectivity index (χ0v) is 13.7. The average Bonchev–Trinajstić information content (AvgIpc) is 2.29. The van der Waals surface area contributed by atoms with Crippen LogP contribution in [0.15, 0.2) is 18.2 Å². The molecule has 1 aromatic carbocycles. The smallest absolute Gasteiger partial charge is 0.130 e. The minimum atomic E-state index is 0.128. The first-order valence-corrected chi connectivity index (χ1v) is 7.49. The number of carbonyl (C=O) groups is 1. The highest BCUT2D eigenvalue weighted by Crippen LogP contribution is 2.30. The van der Waals surface area contributed by atoms with E-state index >= 15 is 0 Å². The average molecular weight is 276 g/mol. The van der Waals surface area contributed by atoms with E-state index < -0.39 is 0 Å². The third-order valence-electron chi connectivity index (χ3n) is 3.43. The normalized spacial score (nSPS) is 13.1. The molecule has 0 saturated heterocycles. The standard InChI is InChI=1S/C18H28O2/c1-7-20-17-9-8-16(18(4,5)6)12-15(17)11-13(2)10-14(3)19/h8-9,12-13H,7,10-11H2,1-6H3. The Balaban J connectivity index is 3.02. The molecule has 2 heteroatoms. The maximum atomic E-state index is 11.2. The quantitative estimate of drug-likeness (QED) is 0.762. The summed E-state index contributed by atoms with van der Waals surface area (Å²) < 4.78 is 5.73. The molecule has 0 fully saturated rings. The van der Waals surface area contributed by atoms with Crippen molar-refractivity contribution in [3.05, 3.63) is 29.3 Å². The zero-order chi connectivity index (χ0) is 15.3. The van der Waals surface area contributed by atoms with Crippen molar-refractivity contribution in [2.24, 2.45) is 5.92 Å². The Morgan fingerprint density at radius 2 is 1.95 bits per heavy atom. The Bertz CT molecular complexity index is 455. The zero-order valence-electron chi connectivity index (χ0n) is 13.7. The second-order valence-electron chi connectivity index (χ2n) is 6.72. The largest absolute Gasteiger partial charge is 0.494 e. The third-order valence-corrected chi connectivity index (χ3v) is 3.43. The predicted octanol–water partition coefficient (Wildman–Crippen LogP) is 4.54. The first-order chi connectivity index (χ1) is 9.24.